The van der Waals surface area contributed by atoms with Crippen molar-refractivity contribution in [2.24, 2.45) is 0 Å². The summed E-state index contributed by atoms with van der Waals surface area (Å²) in [6.07, 6.45) is 11.1. The van der Waals surface area contributed by atoms with Crippen LogP contribution in [0, 0.1) is 0 Å². The zero-order valence-corrected chi connectivity index (χ0v) is 12.8. The summed E-state index contributed by atoms with van der Waals surface area (Å²) in [5, 5.41) is 0. The van der Waals surface area contributed by atoms with Gasteiger partial charge in [-0.3, -0.25) is 4.98 Å². The Labute approximate surface area is 134 Å². The van der Waals surface area contributed by atoms with Crippen LogP contribution in [0.25, 0.3) is 11.5 Å². The second-order valence-electron chi connectivity index (χ2n) is 5.70. The summed E-state index contributed by atoms with van der Waals surface area (Å²) in [6.45, 7) is 1.94. The zero-order chi connectivity index (χ0) is 15.5. The smallest absolute Gasteiger partial charge is 0.157 e. The number of nitrogens with one attached hydrogen (secondary N) is 1. The van der Waals surface area contributed by atoms with Crippen LogP contribution in [0.3, 0.4) is 0 Å². The number of aromatic nitrogens is 5. The lowest BCUT2D eigenvalue weighted by Crippen LogP contribution is -2.35. The van der Waals surface area contributed by atoms with Crippen LogP contribution < -0.4 is 4.90 Å². The van der Waals surface area contributed by atoms with Crippen molar-refractivity contribution in [3.63, 3.8) is 0 Å². The maximum atomic E-state index is 4.62. The molecule has 0 saturated carbocycles. The van der Waals surface area contributed by atoms with E-state index in [0.29, 0.717) is 5.92 Å². The molecule has 1 aliphatic rings. The Balaban J connectivity index is 1.64. The van der Waals surface area contributed by atoms with Gasteiger partial charge in [0.15, 0.2) is 5.82 Å². The standard InChI is InChI=1S/C17H18N6/c1-2-6-18-14(5-1)23-11-3-4-13(12-23)15-16(20-8-7-19-15)17-21-9-10-22-17/h1-2,5-10,13H,3-4,11-12H2,(H,21,22)/t13-/m0/s1. The fraction of sp³-hybridized carbons (Fsp3) is 0.294. The topological polar surface area (TPSA) is 70.6 Å². The Kier molecular flexibility index (Phi) is 3.71. The molecule has 0 amide bonds. The predicted octanol–water partition coefficient (Wildman–Crippen LogP) is 2.65. The summed E-state index contributed by atoms with van der Waals surface area (Å²) >= 11 is 0. The summed E-state index contributed by atoms with van der Waals surface area (Å²) in [4.78, 5) is 23.4. The van der Waals surface area contributed by atoms with Gasteiger partial charge in [-0.25, -0.2) is 15.0 Å². The molecule has 3 aromatic heterocycles. The zero-order valence-electron chi connectivity index (χ0n) is 12.8. The van der Waals surface area contributed by atoms with E-state index in [9.17, 15) is 0 Å². The van der Waals surface area contributed by atoms with Crippen molar-refractivity contribution >= 4 is 5.82 Å². The first-order valence-corrected chi connectivity index (χ1v) is 7.88. The van der Waals surface area contributed by atoms with Gasteiger partial charge < -0.3 is 9.88 Å². The minimum absolute atomic E-state index is 0.333. The van der Waals surface area contributed by atoms with Gasteiger partial charge in [0, 0.05) is 50.0 Å². The summed E-state index contributed by atoms with van der Waals surface area (Å²) < 4.78 is 0. The van der Waals surface area contributed by atoms with E-state index in [1.165, 1.54) is 0 Å². The molecule has 4 rings (SSSR count). The fourth-order valence-electron chi connectivity index (χ4n) is 3.17. The van der Waals surface area contributed by atoms with E-state index in [4.69, 9.17) is 0 Å². The Morgan fingerprint density at radius 1 is 1.00 bits per heavy atom. The number of hydrogen-bond acceptors (Lipinski definition) is 5. The number of rotatable bonds is 3. The van der Waals surface area contributed by atoms with Crippen LogP contribution >= 0.6 is 0 Å². The van der Waals surface area contributed by atoms with Gasteiger partial charge in [-0.1, -0.05) is 6.07 Å². The number of imidazole rings is 1. The molecule has 1 saturated heterocycles. The van der Waals surface area contributed by atoms with Crippen LogP contribution in [0.4, 0.5) is 5.82 Å². The first-order chi connectivity index (χ1) is 11.4. The number of aromatic amines is 1. The highest BCUT2D eigenvalue weighted by Crippen LogP contribution is 2.31. The Morgan fingerprint density at radius 3 is 2.78 bits per heavy atom. The normalized spacial score (nSPS) is 18.1. The number of anilines is 1. The monoisotopic (exact) mass is 306 g/mol. The highest BCUT2D eigenvalue weighted by atomic mass is 15.2. The quantitative estimate of drug-likeness (QED) is 0.805. The lowest BCUT2D eigenvalue weighted by atomic mass is 9.93. The van der Waals surface area contributed by atoms with Gasteiger partial charge in [0.1, 0.15) is 11.5 Å². The number of H-pyrrole nitrogens is 1. The van der Waals surface area contributed by atoms with E-state index in [1.807, 2.05) is 24.5 Å². The van der Waals surface area contributed by atoms with Gasteiger partial charge >= 0.3 is 0 Å². The molecule has 0 aliphatic carbocycles. The summed E-state index contributed by atoms with van der Waals surface area (Å²) in [6, 6.07) is 6.04. The Morgan fingerprint density at radius 2 is 1.96 bits per heavy atom. The van der Waals surface area contributed by atoms with Crippen LogP contribution in [0.2, 0.25) is 0 Å². The van der Waals surface area contributed by atoms with Crippen LogP contribution in [-0.2, 0) is 0 Å². The number of pyridine rings is 1. The second-order valence-corrected chi connectivity index (χ2v) is 5.70. The van der Waals surface area contributed by atoms with Crippen LogP contribution in [0.1, 0.15) is 24.5 Å². The van der Waals surface area contributed by atoms with Gasteiger partial charge in [0.05, 0.1) is 5.69 Å². The van der Waals surface area contributed by atoms with Gasteiger partial charge in [0.2, 0.25) is 0 Å². The summed E-state index contributed by atoms with van der Waals surface area (Å²) in [7, 11) is 0. The molecule has 1 aliphatic heterocycles. The van der Waals surface area contributed by atoms with Gasteiger partial charge in [-0.15, -0.1) is 0 Å². The molecule has 3 aromatic rings. The van der Waals surface area contributed by atoms with Gasteiger partial charge in [-0.05, 0) is 25.0 Å². The molecule has 0 bridgehead atoms. The lowest BCUT2D eigenvalue weighted by Gasteiger charge is -2.33. The molecule has 6 nitrogen and oxygen atoms in total. The minimum Gasteiger partial charge on any atom is -0.356 e. The molecule has 0 unspecified atom stereocenters. The van der Waals surface area contributed by atoms with Crippen molar-refractivity contribution in [2.75, 3.05) is 18.0 Å². The van der Waals surface area contributed by atoms with E-state index < -0.39 is 0 Å². The van der Waals surface area contributed by atoms with Gasteiger partial charge in [0.25, 0.3) is 0 Å². The van der Waals surface area contributed by atoms with E-state index in [1.54, 1.807) is 18.6 Å². The SMILES string of the molecule is c1ccc(N2CCC[C@H](c3nccnc3-c3ncc[nH]3)C2)nc1. The molecule has 116 valence electrons. The minimum atomic E-state index is 0.333. The fourth-order valence-corrected chi connectivity index (χ4v) is 3.17. The average molecular weight is 306 g/mol. The Hall–Kier alpha value is -2.76. The molecule has 0 aromatic carbocycles. The maximum absolute atomic E-state index is 4.62. The molecule has 6 heteroatoms. The van der Waals surface area contributed by atoms with Crippen molar-refractivity contribution in [3.05, 3.63) is 54.9 Å². The average Bonchev–Trinajstić information content (AvgIpc) is 3.17. The third kappa shape index (κ3) is 2.79. The second kappa shape index (κ2) is 6.16. The molecule has 0 spiro atoms. The molecule has 4 heterocycles. The van der Waals surface area contributed by atoms with Crippen molar-refractivity contribution in [1.29, 1.82) is 0 Å². The molecule has 23 heavy (non-hydrogen) atoms. The first-order valence-electron chi connectivity index (χ1n) is 7.88. The predicted molar refractivity (Wildman–Crippen MR) is 88.0 cm³/mol. The van der Waals surface area contributed by atoms with E-state index in [0.717, 1.165) is 49.0 Å². The lowest BCUT2D eigenvalue weighted by molar-refractivity contribution is 0.498. The highest BCUT2D eigenvalue weighted by Gasteiger charge is 2.26. The molecule has 0 radical (unpaired) electrons. The maximum Gasteiger partial charge on any atom is 0.157 e. The van der Waals surface area contributed by atoms with E-state index in [2.05, 4.69) is 35.9 Å². The van der Waals surface area contributed by atoms with E-state index in [-0.39, 0.29) is 0 Å². The molecule has 1 fully saturated rings. The van der Waals surface area contributed by atoms with Crippen molar-refractivity contribution in [1.82, 2.24) is 24.9 Å². The molecule has 1 atom stereocenters. The highest BCUT2D eigenvalue weighted by molar-refractivity contribution is 5.54. The van der Waals surface area contributed by atoms with Crippen LogP contribution in [0.15, 0.2) is 49.2 Å². The molecular formula is C17H18N6. The summed E-state index contributed by atoms with van der Waals surface area (Å²) in [5.41, 5.74) is 1.87. The number of nitrogens with zero attached hydrogens (tertiary/aromatic N) is 5. The largest absolute Gasteiger partial charge is 0.356 e. The van der Waals surface area contributed by atoms with Crippen LogP contribution in [0.5, 0.6) is 0 Å². The molecular weight excluding hydrogens is 288 g/mol. The van der Waals surface area contributed by atoms with Crippen molar-refractivity contribution < 1.29 is 0 Å². The summed E-state index contributed by atoms with van der Waals surface area (Å²) in [5.74, 6) is 2.14. The third-order valence-electron chi connectivity index (χ3n) is 4.23. The number of hydrogen-bond donors (Lipinski definition) is 1. The third-order valence-corrected chi connectivity index (χ3v) is 4.23. The van der Waals surface area contributed by atoms with Gasteiger partial charge in [-0.2, -0.15) is 0 Å². The number of piperidine rings is 1. The first kappa shape index (κ1) is 13.9. The Bertz CT molecular complexity index is 756. The van der Waals surface area contributed by atoms with Crippen LogP contribution in [-0.4, -0.2) is 38.0 Å². The van der Waals surface area contributed by atoms with Crippen molar-refractivity contribution in [3.8, 4) is 11.5 Å². The van der Waals surface area contributed by atoms with E-state index >= 15 is 0 Å². The molecule has 1 N–H and O–H groups in total. The van der Waals surface area contributed by atoms with Crippen molar-refractivity contribution in [2.45, 2.75) is 18.8 Å².